The van der Waals surface area contributed by atoms with Gasteiger partial charge in [0.2, 0.25) is 5.95 Å². The summed E-state index contributed by atoms with van der Waals surface area (Å²) in [6.45, 7) is 1.86. The predicted octanol–water partition coefficient (Wildman–Crippen LogP) is 5.57. The van der Waals surface area contributed by atoms with Crippen LogP contribution in [0.25, 0.3) is 22.0 Å². The van der Waals surface area contributed by atoms with E-state index in [1.165, 1.54) is 12.8 Å². The molecule has 6 nitrogen and oxygen atoms in total. The molecule has 2 heterocycles. The molecule has 0 saturated carbocycles. The molecule has 4 aromatic rings. The summed E-state index contributed by atoms with van der Waals surface area (Å²) < 4.78 is 11.2. The molecule has 0 spiro atoms. The van der Waals surface area contributed by atoms with Crippen molar-refractivity contribution in [1.82, 2.24) is 15.3 Å². The molecule has 0 amide bonds. The lowest BCUT2D eigenvalue weighted by atomic mass is 10.0. The lowest BCUT2D eigenvalue weighted by molar-refractivity contribution is 0.292. The molecule has 3 aromatic carbocycles. The Morgan fingerprint density at radius 3 is 2.58 bits per heavy atom. The van der Waals surface area contributed by atoms with Crippen LogP contribution in [0.5, 0.6) is 11.5 Å². The number of ether oxygens (including phenoxy) is 2. The van der Waals surface area contributed by atoms with Gasteiger partial charge in [0.05, 0.1) is 19.2 Å². The van der Waals surface area contributed by atoms with Gasteiger partial charge in [-0.25, -0.2) is 9.97 Å². The third-order valence-electron chi connectivity index (χ3n) is 6.02. The molecule has 0 radical (unpaired) electrons. The summed E-state index contributed by atoms with van der Waals surface area (Å²) in [7, 11) is 1.67. The van der Waals surface area contributed by atoms with Gasteiger partial charge in [0.25, 0.3) is 0 Å². The average Bonchev–Trinajstić information content (AvgIpc) is 3.38. The average molecular weight is 441 g/mol. The summed E-state index contributed by atoms with van der Waals surface area (Å²) in [5, 5.41) is 7.81. The fourth-order valence-electron chi connectivity index (χ4n) is 4.21. The topological polar surface area (TPSA) is 68.3 Å². The Bertz CT molecular complexity index is 1200. The Morgan fingerprint density at radius 1 is 1.00 bits per heavy atom. The van der Waals surface area contributed by atoms with E-state index in [4.69, 9.17) is 14.5 Å². The van der Waals surface area contributed by atoms with E-state index in [1.54, 1.807) is 7.11 Å². The van der Waals surface area contributed by atoms with Crippen LogP contribution < -0.4 is 20.1 Å². The predicted molar refractivity (Wildman–Crippen MR) is 132 cm³/mol. The van der Waals surface area contributed by atoms with E-state index in [-0.39, 0.29) is 0 Å². The molecule has 1 atom stereocenters. The fourth-order valence-corrected chi connectivity index (χ4v) is 4.21. The standard InChI is InChI=1S/C27H28N4O2/c1-32-23-11-7-19(8-12-23)25-6-2-4-20-18-29-27(31-26(20)25)30-22-9-13-24(14-10-22)33-17-15-21-5-3-16-28-21/h2,4,6-14,18,21,28H,3,5,15-17H2,1H3,(H,29,30,31). The van der Waals surface area contributed by atoms with Gasteiger partial charge < -0.3 is 20.1 Å². The van der Waals surface area contributed by atoms with Crippen LogP contribution in [-0.2, 0) is 0 Å². The fraction of sp³-hybridized carbons (Fsp3) is 0.259. The lowest BCUT2D eigenvalue weighted by Gasteiger charge is -2.12. The Hall–Kier alpha value is -3.64. The van der Waals surface area contributed by atoms with Gasteiger partial charge in [0.1, 0.15) is 11.5 Å². The number of hydrogen-bond acceptors (Lipinski definition) is 6. The first-order valence-electron chi connectivity index (χ1n) is 11.4. The molecule has 33 heavy (non-hydrogen) atoms. The van der Waals surface area contributed by atoms with Crippen molar-refractivity contribution in [1.29, 1.82) is 0 Å². The van der Waals surface area contributed by atoms with Crippen molar-refractivity contribution in [2.75, 3.05) is 25.6 Å². The minimum atomic E-state index is 0.560. The largest absolute Gasteiger partial charge is 0.497 e. The number of nitrogens with one attached hydrogen (secondary N) is 2. The molecule has 1 fully saturated rings. The van der Waals surface area contributed by atoms with Gasteiger partial charge in [0, 0.05) is 28.9 Å². The maximum Gasteiger partial charge on any atom is 0.227 e. The highest BCUT2D eigenvalue weighted by Gasteiger charge is 2.13. The van der Waals surface area contributed by atoms with Crippen molar-refractivity contribution in [3.05, 3.63) is 72.9 Å². The summed E-state index contributed by atoms with van der Waals surface area (Å²) in [5.41, 5.74) is 3.96. The maximum absolute atomic E-state index is 5.90. The van der Waals surface area contributed by atoms with E-state index in [0.29, 0.717) is 12.0 Å². The number of benzene rings is 3. The van der Waals surface area contributed by atoms with Crippen LogP contribution in [0.1, 0.15) is 19.3 Å². The first kappa shape index (κ1) is 21.2. The van der Waals surface area contributed by atoms with Gasteiger partial charge in [-0.2, -0.15) is 0 Å². The Labute approximate surface area is 194 Å². The van der Waals surface area contributed by atoms with Crippen LogP contribution in [0.2, 0.25) is 0 Å². The lowest BCUT2D eigenvalue weighted by Crippen LogP contribution is -2.23. The highest BCUT2D eigenvalue weighted by molar-refractivity contribution is 5.93. The van der Waals surface area contributed by atoms with Crippen molar-refractivity contribution in [3.63, 3.8) is 0 Å². The molecule has 0 bridgehead atoms. The van der Waals surface area contributed by atoms with E-state index >= 15 is 0 Å². The molecule has 1 unspecified atom stereocenters. The van der Waals surface area contributed by atoms with E-state index < -0.39 is 0 Å². The monoisotopic (exact) mass is 440 g/mol. The molecule has 168 valence electrons. The summed E-state index contributed by atoms with van der Waals surface area (Å²) in [5.74, 6) is 2.27. The highest BCUT2D eigenvalue weighted by atomic mass is 16.5. The van der Waals surface area contributed by atoms with Gasteiger partial charge in [-0.05, 0) is 67.8 Å². The molecule has 6 heteroatoms. The molecule has 2 N–H and O–H groups in total. The molecule has 1 aliphatic heterocycles. The van der Waals surface area contributed by atoms with Gasteiger partial charge in [-0.1, -0.05) is 30.3 Å². The number of hydrogen-bond donors (Lipinski definition) is 2. The van der Waals surface area contributed by atoms with Crippen LogP contribution in [0.15, 0.2) is 72.9 Å². The Morgan fingerprint density at radius 2 is 1.82 bits per heavy atom. The number of rotatable bonds is 8. The van der Waals surface area contributed by atoms with Gasteiger partial charge in [0.15, 0.2) is 0 Å². The number of anilines is 2. The van der Waals surface area contributed by atoms with Crippen LogP contribution >= 0.6 is 0 Å². The zero-order valence-electron chi connectivity index (χ0n) is 18.8. The van der Waals surface area contributed by atoms with Crippen molar-refractivity contribution in [2.45, 2.75) is 25.3 Å². The normalized spacial score (nSPS) is 15.5. The molecule has 1 saturated heterocycles. The summed E-state index contributed by atoms with van der Waals surface area (Å²) in [4.78, 5) is 9.31. The first-order chi connectivity index (χ1) is 16.3. The van der Waals surface area contributed by atoms with Crippen molar-refractivity contribution in [2.24, 2.45) is 0 Å². The van der Waals surface area contributed by atoms with Crippen LogP contribution in [-0.4, -0.2) is 36.3 Å². The van der Waals surface area contributed by atoms with E-state index in [0.717, 1.165) is 58.8 Å². The van der Waals surface area contributed by atoms with Crippen LogP contribution in [0.4, 0.5) is 11.6 Å². The van der Waals surface area contributed by atoms with Crippen molar-refractivity contribution in [3.8, 4) is 22.6 Å². The van der Waals surface area contributed by atoms with Gasteiger partial charge in [-0.3, -0.25) is 0 Å². The summed E-state index contributed by atoms with van der Waals surface area (Å²) >= 11 is 0. The van der Waals surface area contributed by atoms with Crippen molar-refractivity contribution >= 4 is 22.5 Å². The maximum atomic E-state index is 5.90. The van der Waals surface area contributed by atoms with Crippen molar-refractivity contribution < 1.29 is 9.47 Å². The number of methoxy groups -OCH3 is 1. The molecular weight excluding hydrogens is 412 g/mol. The molecular formula is C27H28N4O2. The number of nitrogens with zero attached hydrogens (tertiary/aromatic N) is 2. The molecule has 5 rings (SSSR count). The second kappa shape index (κ2) is 9.88. The zero-order chi connectivity index (χ0) is 22.5. The molecule has 0 aliphatic carbocycles. The summed E-state index contributed by atoms with van der Waals surface area (Å²) in [6, 6.07) is 22.7. The Balaban J connectivity index is 1.29. The number of aromatic nitrogens is 2. The van der Waals surface area contributed by atoms with Crippen LogP contribution in [0.3, 0.4) is 0 Å². The third-order valence-corrected chi connectivity index (χ3v) is 6.02. The van der Waals surface area contributed by atoms with Gasteiger partial charge in [-0.15, -0.1) is 0 Å². The van der Waals surface area contributed by atoms with Crippen LogP contribution in [0, 0.1) is 0 Å². The second-order valence-corrected chi connectivity index (χ2v) is 8.25. The highest BCUT2D eigenvalue weighted by Crippen LogP contribution is 2.29. The zero-order valence-corrected chi connectivity index (χ0v) is 18.8. The first-order valence-corrected chi connectivity index (χ1v) is 11.4. The second-order valence-electron chi connectivity index (χ2n) is 8.25. The van der Waals surface area contributed by atoms with E-state index in [2.05, 4.69) is 21.7 Å². The number of para-hydroxylation sites is 1. The number of fused-ring (bicyclic) bond motifs is 1. The molecule has 1 aliphatic rings. The SMILES string of the molecule is COc1ccc(-c2cccc3cnc(Nc4ccc(OCCC5CCCN5)cc4)nc23)cc1. The van der Waals surface area contributed by atoms with E-state index in [1.807, 2.05) is 66.9 Å². The van der Waals surface area contributed by atoms with E-state index in [9.17, 15) is 0 Å². The smallest absolute Gasteiger partial charge is 0.227 e. The van der Waals surface area contributed by atoms with Gasteiger partial charge >= 0.3 is 0 Å². The Kier molecular flexibility index (Phi) is 6.35. The minimum absolute atomic E-state index is 0.560. The molecule has 1 aromatic heterocycles. The summed E-state index contributed by atoms with van der Waals surface area (Å²) in [6.07, 6.45) is 5.41. The third kappa shape index (κ3) is 5.07. The minimum Gasteiger partial charge on any atom is -0.497 e. The quantitative estimate of drug-likeness (QED) is 0.373.